The first-order valence-corrected chi connectivity index (χ1v) is 10.5. The smallest absolute Gasteiger partial charge is 0.240 e. The van der Waals surface area contributed by atoms with Crippen molar-refractivity contribution in [3.63, 3.8) is 0 Å². The first-order chi connectivity index (χ1) is 13.4. The van der Waals surface area contributed by atoms with Crippen molar-refractivity contribution >= 4 is 23.6 Å². The molecular formula is C20H27N5O2S. The molecule has 0 radical (unpaired) electrons. The summed E-state index contributed by atoms with van der Waals surface area (Å²) in [5, 5.41) is 12.0. The van der Waals surface area contributed by atoms with Gasteiger partial charge in [0, 0.05) is 31.7 Å². The molecule has 2 aromatic rings. The van der Waals surface area contributed by atoms with Gasteiger partial charge in [-0.3, -0.25) is 9.59 Å². The van der Waals surface area contributed by atoms with Crippen LogP contribution in [0.2, 0.25) is 0 Å². The molecule has 8 heteroatoms. The Labute approximate surface area is 169 Å². The second-order valence-electron chi connectivity index (χ2n) is 7.53. The number of benzene rings is 1. The summed E-state index contributed by atoms with van der Waals surface area (Å²) in [7, 11) is 1.90. The lowest BCUT2D eigenvalue weighted by atomic mass is 9.99. The topological polar surface area (TPSA) is 80.1 Å². The molecule has 1 saturated heterocycles. The van der Waals surface area contributed by atoms with Crippen molar-refractivity contribution in [2.75, 3.05) is 18.8 Å². The maximum absolute atomic E-state index is 12.3. The van der Waals surface area contributed by atoms with Gasteiger partial charge in [-0.15, -0.1) is 10.2 Å². The van der Waals surface area contributed by atoms with Crippen molar-refractivity contribution in [2.45, 2.75) is 37.9 Å². The summed E-state index contributed by atoms with van der Waals surface area (Å²) in [6, 6.07) is 9.98. The summed E-state index contributed by atoms with van der Waals surface area (Å²) in [5.74, 6) is 2.24. The molecule has 0 aliphatic carbocycles. The van der Waals surface area contributed by atoms with Gasteiger partial charge in [0.05, 0.1) is 13.1 Å². The minimum Gasteiger partial charge on any atom is -0.347 e. The number of nitrogens with zero attached hydrogens (tertiary/aromatic N) is 4. The van der Waals surface area contributed by atoms with Gasteiger partial charge < -0.3 is 14.8 Å². The Balaban J connectivity index is 1.49. The zero-order chi connectivity index (χ0) is 20.1. The zero-order valence-electron chi connectivity index (χ0n) is 16.6. The number of hydrogen-bond donors (Lipinski definition) is 1. The Morgan fingerprint density at radius 2 is 2.04 bits per heavy atom. The molecule has 0 saturated carbocycles. The van der Waals surface area contributed by atoms with Crippen LogP contribution in [-0.2, 0) is 23.2 Å². The Bertz CT molecular complexity index is 821. The molecule has 1 aliphatic heterocycles. The summed E-state index contributed by atoms with van der Waals surface area (Å²) in [4.78, 5) is 26.2. The molecule has 3 rings (SSSR count). The van der Waals surface area contributed by atoms with Crippen LogP contribution < -0.4 is 5.32 Å². The first-order valence-electron chi connectivity index (χ1n) is 9.54. The average Bonchev–Trinajstić information content (AvgIpc) is 3.22. The molecule has 1 aromatic heterocycles. The molecule has 1 atom stereocenters. The molecule has 28 heavy (non-hydrogen) atoms. The number of thioether (sulfide) groups is 1. The fraction of sp³-hybridized carbons (Fsp3) is 0.500. The molecule has 1 N–H and O–H groups in total. The van der Waals surface area contributed by atoms with Gasteiger partial charge in [0.1, 0.15) is 0 Å². The van der Waals surface area contributed by atoms with Gasteiger partial charge in [0.25, 0.3) is 0 Å². The highest BCUT2D eigenvalue weighted by Crippen LogP contribution is 2.27. The van der Waals surface area contributed by atoms with E-state index >= 15 is 0 Å². The standard InChI is InChI=1S/C20H27N5O2S/c1-14(2)13-28-20-23-22-17(24(20)3)10-21-18(26)12-25-11-16(9-19(25)27)15-7-5-4-6-8-15/h4-8,14,16H,9-13H2,1-3H3,(H,21,26). The van der Waals surface area contributed by atoms with E-state index < -0.39 is 0 Å². The van der Waals surface area contributed by atoms with Crippen LogP contribution in [0.3, 0.4) is 0 Å². The highest BCUT2D eigenvalue weighted by atomic mass is 32.2. The average molecular weight is 402 g/mol. The molecule has 150 valence electrons. The first kappa shape index (κ1) is 20.4. The number of nitrogens with one attached hydrogen (secondary N) is 1. The molecule has 1 unspecified atom stereocenters. The van der Waals surface area contributed by atoms with Crippen LogP contribution >= 0.6 is 11.8 Å². The predicted octanol–water partition coefficient (Wildman–Crippen LogP) is 2.20. The second kappa shape index (κ2) is 9.23. The highest BCUT2D eigenvalue weighted by Gasteiger charge is 2.31. The fourth-order valence-corrected chi connectivity index (χ4v) is 4.03. The summed E-state index contributed by atoms with van der Waals surface area (Å²) < 4.78 is 1.90. The number of carbonyl (C=O) groups is 2. The van der Waals surface area contributed by atoms with E-state index in [0.29, 0.717) is 31.3 Å². The van der Waals surface area contributed by atoms with E-state index in [1.165, 1.54) is 0 Å². The largest absolute Gasteiger partial charge is 0.347 e. The monoisotopic (exact) mass is 401 g/mol. The van der Waals surface area contributed by atoms with Crippen LogP contribution in [0.15, 0.2) is 35.5 Å². The third kappa shape index (κ3) is 5.13. The lowest BCUT2D eigenvalue weighted by Crippen LogP contribution is -2.38. The van der Waals surface area contributed by atoms with Crippen molar-refractivity contribution in [3.8, 4) is 0 Å². The predicted molar refractivity (Wildman–Crippen MR) is 109 cm³/mol. The van der Waals surface area contributed by atoms with Crippen LogP contribution in [0.1, 0.15) is 37.6 Å². The number of carbonyl (C=O) groups excluding carboxylic acids is 2. The van der Waals surface area contributed by atoms with E-state index in [2.05, 4.69) is 29.4 Å². The van der Waals surface area contributed by atoms with Crippen LogP contribution in [0, 0.1) is 5.92 Å². The second-order valence-corrected chi connectivity index (χ2v) is 8.51. The summed E-state index contributed by atoms with van der Waals surface area (Å²) in [6.45, 7) is 5.28. The SMILES string of the molecule is CC(C)CSc1nnc(CNC(=O)CN2CC(c3ccccc3)CC2=O)n1C. The number of rotatable bonds is 8. The van der Waals surface area contributed by atoms with Crippen LogP contribution in [0.4, 0.5) is 0 Å². The molecule has 2 heterocycles. The Hall–Kier alpha value is -2.35. The van der Waals surface area contributed by atoms with E-state index in [0.717, 1.165) is 16.5 Å². The minimum absolute atomic E-state index is 0.0232. The van der Waals surface area contributed by atoms with Crippen LogP contribution in [0.5, 0.6) is 0 Å². The van der Waals surface area contributed by atoms with Crippen molar-refractivity contribution in [1.29, 1.82) is 0 Å². The van der Waals surface area contributed by atoms with Gasteiger partial charge in [-0.25, -0.2) is 0 Å². The maximum atomic E-state index is 12.3. The van der Waals surface area contributed by atoms with E-state index in [4.69, 9.17) is 0 Å². The zero-order valence-corrected chi connectivity index (χ0v) is 17.4. The van der Waals surface area contributed by atoms with Gasteiger partial charge in [0.2, 0.25) is 11.8 Å². The van der Waals surface area contributed by atoms with E-state index in [9.17, 15) is 9.59 Å². The number of aromatic nitrogens is 3. The highest BCUT2D eigenvalue weighted by molar-refractivity contribution is 7.99. The third-order valence-corrected chi connectivity index (χ3v) is 6.18. The van der Waals surface area contributed by atoms with Gasteiger partial charge >= 0.3 is 0 Å². The van der Waals surface area contributed by atoms with Gasteiger partial charge in [0.15, 0.2) is 11.0 Å². The number of amides is 2. The molecule has 0 bridgehead atoms. The van der Waals surface area contributed by atoms with Crippen molar-refractivity contribution in [1.82, 2.24) is 25.0 Å². The van der Waals surface area contributed by atoms with Crippen LogP contribution in [-0.4, -0.2) is 50.3 Å². The molecular weight excluding hydrogens is 374 g/mol. The lowest BCUT2D eigenvalue weighted by Gasteiger charge is -2.16. The van der Waals surface area contributed by atoms with Crippen molar-refractivity contribution < 1.29 is 9.59 Å². The Morgan fingerprint density at radius 1 is 1.29 bits per heavy atom. The lowest BCUT2D eigenvalue weighted by molar-refractivity contribution is -0.133. The Kier molecular flexibility index (Phi) is 6.72. The summed E-state index contributed by atoms with van der Waals surface area (Å²) in [6.07, 6.45) is 0.455. The summed E-state index contributed by atoms with van der Waals surface area (Å²) in [5.41, 5.74) is 1.14. The summed E-state index contributed by atoms with van der Waals surface area (Å²) >= 11 is 1.66. The van der Waals surface area contributed by atoms with Crippen molar-refractivity contribution in [2.24, 2.45) is 13.0 Å². The minimum atomic E-state index is -0.179. The molecule has 7 nitrogen and oxygen atoms in total. The fourth-order valence-electron chi connectivity index (χ4n) is 3.15. The van der Waals surface area contributed by atoms with E-state index in [1.807, 2.05) is 41.9 Å². The number of likely N-dealkylation sites (tertiary alicyclic amines) is 1. The van der Waals surface area contributed by atoms with Gasteiger partial charge in [-0.2, -0.15) is 0 Å². The van der Waals surface area contributed by atoms with Crippen LogP contribution in [0.25, 0.3) is 0 Å². The van der Waals surface area contributed by atoms with Crippen molar-refractivity contribution in [3.05, 3.63) is 41.7 Å². The molecule has 0 spiro atoms. The number of hydrogen-bond acceptors (Lipinski definition) is 5. The molecule has 1 fully saturated rings. The molecule has 1 aromatic carbocycles. The molecule has 1 aliphatic rings. The van der Waals surface area contributed by atoms with E-state index in [-0.39, 0.29) is 24.3 Å². The third-order valence-electron chi connectivity index (χ3n) is 4.73. The normalized spacial score (nSPS) is 16.8. The molecule has 2 amide bonds. The maximum Gasteiger partial charge on any atom is 0.240 e. The Morgan fingerprint density at radius 3 is 2.75 bits per heavy atom. The van der Waals surface area contributed by atoms with Gasteiger partial charge in [-0.05, 0) is 11.5 Å². The quantitative estimate of drug-likeness (QED) is 0.686. The van der Waals surface area contributed by atoms with E-state index in [1.54, 1.807) is 16.7 Å². The van der Waals surface area contributed by atoms with Gasteiger partial charge in [-0.1, -0.05) is 55.9 Å².